The fourth-order valence-corrected chi connectivity index (χ4v) is 3.45. The van der Waals surface area contributed by atoms with Crippen molar-refractivity contribution in [2.75, 3.05) is 0 Å². The number of primary amides is 1. The highest BCUT2D eigenvalue weighted by atomic mass is 79.9. The number of aromatic amines is 1. The highest BCUT2D eigenvalue weighted by Crippen LogP contribution is 2.38. The Morgan fingerprint density at radius 3 is 2.58 bits per heavy atom. The van der Waals surface area contributed by atoms with Gasteiger partial charge >= 0.3 is 5.97 Å². The number of carbonyl (C=O) groups is 2. The molecule has 3 rings (SSSR count). The van der Waals surface area contributed by atoms with Crippen molar-refractivity contribution in [2.45, 2.75) is 19.3 Å². The molecular formula is C13H11BrN2O3. The van der Waals surface area contributed by atoms with Gasteiger partial charge in [0, 0.05) is 16.1 Å². The van der Waals surface area contributed by atoms with Gasteiger partial charge in [-0.2, -0.15) is 0 Å². The topological polar surface area (TPSA) is 96.2 Å². The summed E-state index contributed by atoms with van der Waals surface area (Å²) in [5.74, 6) is -1.81. The molecule has 5 nitrogen and oxygen atoms in total. The second-order valence-corrected chi connectivity index (χ2v) is 5.47. The van der Waals surface area contributed by atoms with Gasteiger partial charge in [-0.3, -0.25) is 4.79 Å². The number of benzene rings is 1. The molecule has 0 aliphatic heterocycles. The Labute approximate surface area is 116 Å². The summed E-state index contributed by atoms with van der Waals surface area (Å²) in [6, 6.07) is 0. The van der Waals surface area contributed by atoms with E-state index in [9.17, 15) is 14.7 Å². The number of hydrogen-bond acceptors (Lipinski definition) is 2. The number of rotatable bonds is 2. The lowest BCUT2D eigenvalue weighted by molar-refractivity contribution is 0.0691. The molecule has 4 N–H and O–H groups in total. The lowest BCUT2D eigenvalue weighted by Gasteiger charge is -2.12. The number of fused-ring (bicyclic) bond motifs is 3. The van der Waals surface area contributed by atoms with E-state index in [0.717, 1.165) is 29.5 Å². The second kappa shape index (κ2) is 4.09. The lowest BCUT2D eigenvalue weighted by atomic mass is 9.93. The molecule has 1 aromatic carbocycles. The first-order chi connectivity index (χ1) is 9.02. The van der Waals surface area contributed by atoms with E-state index in [4.69, 9.17) is 5.73 Å². The minimum absolute atomic E-state index is 0.0628. The molecule has 1 aliphatic rings. The third kappa shape index (κ3) is 1.59. The number of carboxylic acid groups (broad SMARTS) is 1. The first-order valence-electron chi connectivity index (χ1n) is 5.89. The number of aryl methyl sites for hydroxylation is 1. The second-order valence-electron chi connectivity index (χ2n) is 4.62. The molecule has 0 bridgehead atoms. The van der Waals surface area contributed by atoms with Gasteiger partial charge in [0.1, 0.15) is 0 Å². The molecule has 2 aromatic rings. The molecule has 1 heterocycles. The number of halogens is 1. The van der Waals surface area contributed by atoms with Crippen LogP contribution in [-0.2, 0) is 12.8 Å². The van der Waals surface area contributed by atoms with Crippen molar-refractivity contribution in [2.24, 2.45) is 5.73 Å². The summed E-state index contributed by atoms with van der Waals surface area (Å²) in [7, 11) is 0. The van der Waals surface area contributed by atoms with Gasteiger partial charge in [0.05, 0.1) is 16.6 Å². The number of hydrogen-bond donors (Lipinski definition) is 3. The molecule has 1 amide bonds. The van der Waals surface area contributed by atoms with Gasteiger partial charge in [0.25, 0.3) is 0 Å². The number of H-pyrrole nitrogens is 1. The number of carbonyl (C=O) groups excluding carboxylic acids is 1. The maximum absolute atomic E-state index is 11.7. The zero-order valence-electron chi connectivity index (χ0n) is 9.92. The van der Waals surface area contributed by atoms with E-state index in [1.807, 2.05) is 0 Å². The van der Waals surface area contributed by atoms with Gasteiger partial charge in [0.2, 0.25) is 5.91 Å². The van der Waals surface area contributed by atoms with Gasteiger partial charge in [0.15, 0.2) is 0 Å². The fourth-order valence-electron chi connectivity index (χ4n) is 2.94. The Kier molecular flexibility index (Phi) is 2.63. The largest absolute Gasteiger partial charge is 0.478 e. The maximum atomic E-state index is 11.7. The standard InChI is InChI=1S/C13H11BrN2O3/c14-7-4-16-11-6-3-1-2-5(6)8(13(18)19)10(9(7)11)12(15)17/h4,16H,1-3H2,(H2,15,17)(H,18,19). The minimum Gasteiger partial charge on any atom is -0.478 e. The van der Waals surface area contributed by atoms with Crippen LogP contribution in [0.3, 0.4) is 0 Å². The average molecular weight is 323 g/mol. The van der Waals surface area contributed by atoms with Crippen molar-refractivity contribution in [3.8, 4) is 0 Å². The van der Waals surface area contributed by atoms with Crippen LogP contribution in [0.2, 0.25) is 0 Å². The summed E-state index contributed by atoms with van der Waals surface area (Å²) in [5, 5.41) is 10.0. The fraction of sp³-hybridized carbons (Fsp3) is 0.231. The number of aromatic carboxylic acids is 1. The van der Waals surface area contributed by atoms with E-state index in [1.165, 1.54) is 0 Å². The smallest absolute Gasteiger partial charge is 0.336 e. The molecular weight excluding hydrogens is 312 g/mol. The first-order valence-corrected chi connectivity index (χ1v) is 6.69. The number of aromatic nitrogens is 1. The summed E-state index contributed by atoms with van der Waals surface area (Å²) in [6.45, 7) is 0. The number of nitrogens with two attached hydrogens (primary N) is 1. The summed E-state index contributed by atoms with van der Waals surface area (Å²) in [6.07, 6.45) is 4.09. The van der Waals surface area contributed by atoms with E-state index >= 15 is 0 Å². The van der Waals surface area contributed by atoms with E-state index in [0.29, 0.717) is 16.3 Å². The van der Waals surface area contributed by atoms with Crippen molar-refractivity contribution < 1.29 is 14.7 Å². The predicted octanol–water partition coefficient (Wildman–Crippen LogP) is 2.22. The van der Waals surface area contributed by atoms with E-state index < -0.39 is 11.9 Å². The van der Waals surface area contributed by atoms with Crippen LogP contribution in [0.1, 0.15) is 38.3 Å². The third-order valence-electron chi connectivity index (χ3n) is 3.61. The van der Waals surface area contributed by atoms with Crippen LogP contribution in [0.15, 0.2) is 10.7 Å². The molecule has 0 saturated heterocycles. The molecule has 0 atom stereocenters. The molecule has 0 saturated carbocycles. The van der Waals surface area contributed by atoms with Gasteiger partial charge < -0.3 is 15.8 Å². The van der Waals surface area contributed by atoms with Crippen molar-refractivity contribution in [3.05, 3.63) is 32.9 Å². The van der Waals surface area contributed by atoms with Gasteiger partial charge in [-0.25, -0.2) is 4.79 Å². The molecule has 19 heavy (non-hydrogen) atoms. The zero-order valence-corrected chi connectivity index (χ0v) is 11.5. The van der Waals surface area contributed by atoms with Gasteiger partial charge in [-0.15, -0.1) is 0 Å². The van der Waals surface area contributed by atoms with Crippen molar-refractivity contribution in [1.29, 1.82) is 0 Å². The minimum atomic E-state index is -1.10. The molecule has 0 radical (unpaired) electrons. The SMILES string of the molecule is NC(=O)c1c(C(=O)O)c2c(c3[nH]cc(Br)c13)CCC2. The van der Waals surface area contributed by atoms with Crippen LogP contribution < -0.4 is 5.73 Å². The van der Waals surface area contributed by atoms with Gasteiger partial charge in [-0.05, 0) is 46.3 Å². The number of carboxylic acids is 1. The highest BCUT2D eigenvalue weighted by Gasteiger charge is 2.30. The summed E-state index contributed by atoms with van der Waals surface area (Å²) in [4.78, 5) is 26.3. The number of nitrogens with one attached hydrogen (secondary N) is 1. The van der Waals surface area contributed by atoms with E-state index in [2.05, 4.69) is 20.9 Å². The van der Waals surface area contributed by atoms with Crippen LogP contribution in [0.25, 0.3) is 10.9 Å². The zero-order chi connectivity index (χ0) is 13.7. The molecule has 6 heteroatoms. The van der Waals surface area contributed by atoms with Crippen molar-refractivity contribution >= 4 is 38.7 Å². The van der Waals surface area contributed by atoms with Crippen LogP contribution in [0.4, 0.5) is 0 Å². The molecule has 1 aromatic heterocycles. The predicted molar refractivity (Wildman–Crippen MR) is 73.5 cm³/mol. The average Bonchev–Trinajstić information content (AvgIpc) is 2.93. The van der Waals surface area contributed by atoms with Crippen LogP contribution in [0.5, 0.6) is 0 Å². The van der Waals surface area contributed by atoms with E-state index in [1.54, 1.807) is 6.20 Å². The molecule has 0 unspecified atom stereocenters. The molecule has 98 valence electrons. The summed E-state index contributed by atoms with van der Waals surface area (Å²) < 4.78 is 0.661. The Balaban J connectivity index is 2.57. The normalized spacial score (nSPS) is 13.7. The molecule has 0 spiro atoms. The monoisotopic (exact) mass is 322 g/mol. The highest BCUT2D eigenvalue weighted by molar-refractivity contribution is 9.10. The lowest BCUT2D eigenvalue weighted by Crippen LogP contribution is -2.19. The molecule has 0 fully saturated rings. The summed E-state index contributed by atoms with van der Waals surface area (Å²) >= 11 is 3.35. The Morgan fingerprint density at radius 1 is 1.26 bits per heavy atom. The maximum Gasteiger partial charge on any atom is 0.336 e. The Bertz CT molecular complexity index is 733. The van der Waals surface area contributed by atoms with Crippen molar-refractivity contribution in [1.82, 2.24) is 4.98 Å². The van der Waals surface area contributed by atoms with Crippen LogP contribution >= 0.6 is 15.9 Å². The Hall–Kier alpha value is -1.82. The Morgan fingerprint density at radius 2 is 1.95 bits per heavy atom. The molecule has 1 aliphatic carbocycles. The van der Waals surface area contributed by atoms with Crippen LogP contribution in [-0.4, -0.2) is 22.0 Å². The first kappa shape index (κ1) is 12.2. The summed E-state index contributed by atoms with van der Waals surface area (Å²) in [5.41, 5.74) is 8.11. The third-order valence-corrected chi connectivity index (χ3v) is 4.24. The number of amides is 1. The van der Waals surface area contributed by atoms with Crippen molar-refractivity contribution in [3.63, 3.8) is 0 Å². The van der Waals surface area contributed by atoms with E-state index in [-0.39, 0.29) is 11.1 Å². The quantitative estimate of drug-likeness (QED) is 0.790. The van der Waals surface area contributed by atoms with Gasteiger partial charge in [-0.1, -0.05) is 0 Å². The van der Waals surface area contributed by atoms with Crippen LogP contribution in [0, 0.1) is 0 Å².